The van der Waals surface area contributed by atoms with Gasteiger partial charge in [0.25, 0.3) is 0 Å². The SMILES string of the molecule is CCn1cc(/C=C2\CN(CCF)c3c(cc(F)c(N4CCN(C)CC4)c3F)C2=O)c(=O)c2cc(F)c(N3CCN(C)CC3)cc21. The number of ketones is 1. The van der Waals surface area contributed by atoms with Gasteiger partial charge in [0.2, 0.25) is 0 Å². The summed E-state index contributed by atoms with van der Waals surface area (Å²) in [6.07, 6.45) is 3.00. The molecule has 3 aliphatic heterocycles. The number of hydrogen-bond acceptors (Lipinski definition) is 7. The van der Waals surface area contributed by atoms with Crippen molar-refractivity contribution in [3.63, 3.8) is 0 Å². The number of fused-ring (bicyclic) bond motifs is 2. The van der Waals surface area contributed by atoms with Crippen molar-refractivity contribution in [2.45, 2.75) is 13.5 Å². The Morgan fingerprint density at radius 2 is 1.47 bits per heavy atom. The van der Waals surface area contributed by atoms with Gasteiger partial charge in [-0.3, -0.25) is 9.59 Å². The second-order valence-electron chi connectivity index (χ2n) is 12.1. The van der Waals surface area contributed by atoms with E-state index in [0.717, 1.165) is 19.2 Å². The molecule has 4 heterocycles. The van der Waals surface area contributed by atoms with Gasteiger partial charge in [-0.05, 0) is 45.3 Å². The Bertz CT molecular complexity index is 1720. The maximum Gasteiger partial charge on any atom is 0.196 e. The molecule has 3 aliphatic rings. The second kappa shape index (κ2) is 12.5. The number of pyridine rings is 1. The average Bonchev–Trinajstić information content (AvgIpc) is 3.02. The highest BCUT2D eigenvalue weighted by molar-refractivity contribution is 6.17. The minimum Gasteiger partial charge on any atom is -0.367 e. The number of hydrogen-bond donors (Lipinski definition) is 0. The highest BCUT2D eigenvalue weighted by atomic mass is 19.1. The molecule has 0 radical (unpaired) electrons. The third kappa shape index (κ3) is 5.69. The lowest BCUT2D eigenvalue weighted by atomic mass is 9.93. The molecule has 12 heteroatoms. The molecule has 240 valence electrons. The average molecular weight is 627 g/mol. The van der Waals surface area contributed by atoms with Crippen molar-refractivity contribution >= 4 is 39.8 Å². The molecule has 0 unspecified atom stereocenters. The summed E-state index contributed by atoms with van der Waals surface area (Å²) in [6, 6.07) is 3.97. The van der Waals surface area contributed by atoms with E-state index < -0.39 is 35.3 Å². The number of Topliss-reactive ketones (excluding diaryl/α,β-unsaturated/α-hetero) is 1. The van der Waals surface area contributed by atoms with Crippen LogP contribution in [0.25, 0.3) is 17.0 Å². The van der Waals surface area contributed by atoms with Gasteiger partial charge in [-0.1, -0.05) is 0 Å². The molecule has 2 saturated heterocycles. The van der Waals surface area contributed by atoms with E-state index in [2.05, 4.69) is 9.80 Å². The number of likely N-dealkylation sites (N-methyl/N-ethyl adjacent to an activating group) is 2. The van der Waals surface area contributed by atoms with Gasteiger partial charge < -0.3 is 29.1 Å². The molecule has 0 atom stereocenters. The molecule has 0 aliphatic carbocycles. The number of aryl methyl sites for hydroxylation is 1. The van der Waals surface area contributed by atoms with Crippen LogP contribution in [0.2, 0.25) is 0 Å². The van der Waals surface area contributed by atoms with E-state index in [9.17, 15) is 14.0 Å². The number of carbonyl (C=O) groups is 1. The predicted octanol–water partition coefficient (Wildman–Crippen LogP) is 4.00. The Balaban J connectivity index is 1.41. The van der Waals surface area contributed by atoms with Crippen LogP contribution in [0.5, 0.6) is 0 Å². The monoisotopic (exact) mass is 626 g/mol. The summed E-state index contributed by atoms with van der Waals surface area (Å²) < 4.78 is 62.5. The van der Waals surface area contributed by atoms with Crippen molar-refractivity contribution < 1.29 is 22.4 Å². The summed E-state index contributed by atoms with van der Waals surface area (Å²) in [5.74, 6) is -2.89. The standard InChI is InChI=1S/C33H38F4N6O2/c1-4-40-19-21(32(44)23-16-25(35)28(18-27(23)40)41-11-7-38(2)8-12-41)15-22-20-43(6-5-34)30-24(33(22)45)17-26(36)31(29(30)37)42-13-9-39(3)10-14-42/h15-19H,4-14,20H2,1-3H3/b22-15+. The van der Waals surface area contributed by atoms with Crippen LogP contribution in [0.1, 0.15) is 22.8 Å². The Labute approximate surface area is 259 Å². The third-order valence-corrected chi connectivity index (χ3v) is 9.25. The highest BCUT2D eigenvalue weighted by Gasteiger charge is 2.35. The number of alkyl halides is 1. The maximum atomic E-state index is 16.0. The largest absolute Gasteiger partial charge is 0.367 e. The van der Waals surface area contributed by atoms with Gasteiger partial charge in [0.05, 0.1) is 22.5 Å². The summed E-state index contributed by atoms with van der Waals surface area (Å²) >= 11 is 0. The van der Waals surface area contributed by atoms with Crippen molar-refractivity contribution in [3.05, 3.63) is 68.8 Å². The minimum absolute atomic E-state index is 0.0933. The third-order valence-electron chi connectivity index (χ3n) is 9.25. The number of carbonyl (C=O) groups excluding carboxylic acids is 1. The summed E-state index contributed by atoms with van der Waals surface area (Å²) in [5, 5.41) is 0.166. The van der Waals surface area contributed by atoms with E-state index in [0.29, 0.717) is 57.0 Å². The smallest absolute Gasteiger partial charge is 0.196 e. The number of benzene rings is 2. The molecule has 1 aromatic heterocycles. The van der Waals surface area contributed by atoms with Gasteiger partial charge in [0, 0.05) is 94.7 Å². The maximum absolute atomic E-state index is 16.0. The van der Waals surface area contributed by atoms with E-state index >= 15 is 13.2 Å². The summed E-state index contributed by atoms with van der Waals surface area (Å²) in [5.41, 5.74) is 0.202. The number of rotatable bonds is 6. The first-order valence-corrected chi connectivity index (χ1v) is 15.4. The molecule has 3 aromatic rings. The quantitative estimate of drug-likeness (QED) is 0.303. The zero-order valence-electron chi connectivity index (χ0n) is 25.9. The van der Waals surface area contributed by atoms with E-state index in [1.54, 1.807) is 17.2 Å². The van der Waals surface area contributed by atoms with Crippen LogP contribution in [-0.2, 0) is 6.54 Å². The Kier molecular flexibility index (Phi) is 8.62. The molecule has 6 rings (SSSR count). The van der Waals surface area contributed by atoms with Gasteiger partial charge in [-0.15, -0.1) is 0 Å². The topological polar surface area (TPSA) is 55.3 Å². The lowest BCUT2D eigenvalue weighted by Gasteiger charge is -2.37. The first kappa shape index (κ1) is 31.1. The van der Waals surface area contributed by atoms with Crippen molar-refractivity contribution in [3.8, 4) is 0 Å². The lowest BCUT2D eigenvalue weighted by Crippen LogP contribution is -2.45. The van der Waals surface area contributed by atoms with E-state index in [1.165, 1.54) is 17.0 Å². The lowest BCUT2D eigenvalue weighted by molar-refractivity contribution is 0.102. The first-order chi connectivity index (χ1) is 21.6. The molecule has 8 nitrogen and oxygen atoms in total. The van der Waals surface area contributed by atoms with Crippen LogP contribution in [0.3, 0.4) is 0 Å². The molecule has 0 bridgehead atoms. The van der Waals surface area contributed by atoms with E-state index in [1.807, 2.05) is 30.5 Å². The number of piperazine rings is 2. The Morgan fingerprint density at radius 1 is 0.822 bits per heavy atom. The van der Waals surface area contributed by atoms with Gasteiger partial charge in [0.15, 0.2) is 17.0 Å². The number of halogens is 4. The van der Waals surface area contributed by atoms with Crippen molar-refractivity contribution in [1.29, 1.82) is 0 Å². The normalized spacial score (nSPS) is 19.2. The molecule has 2 aromatic carbocycles. The molecular weight excluding hydrogens is 588 g/mol. The van der Waals surface area contributed by atoms with Crippen LogP contribution in [0.4, 0.5) is 34.6 Å². The van der Waals surface area contributed by atoms with Crippen LogP contribution < -0.4 is 20.1 Å². The van der Waals surface area contributed by atoms with E-state index in [4.69, 9.17) is 0 Å². The fourth-order valence-corrected chi connectivity index (χ4v) is 6.60. The minimum atomic E-state index is -0.888. The summed E-state index contributed by atoms with van der Waals surface area (Å²) in [7, 11) is 3.95. The molecule has 0 spiro atoms. The second-order valence-corrected chi connectivity index (χ2v) is 12.1. The first-order valence-electron chi connectivity index (χ1n) is 15.4. The van der Waals surface area contributed by atoms with Gasteiger partial charge in [-0.25, -0.2) is 17.6 Å². The van der Waals surface area contributed by atoms with Crippen LogP contribution >= 0.6 is 0 Å². The molecule has 0 N–H and O–H groups in total. The molecule has 0 saturated carbocycles. The Hall–Kier alpha value is -3.90. The molecule has 0 amide bonds. The fraction of sp³-hybridized carbons (Fsp3) is 0.455. The summed E-state index contributed by atoms with van der Waals surface area (Å²) in [4.78, 5) is 36.6. The van der Waals surface area contributed by atoms with Gasteiger partial charge in [-0.2, -0.15) is 0 Å². The van der Waals surface area contributed by atoms with Crippen molar-refractivity contribution in [1.82, 2.24) is 14.4 Å². The van der Waals surface area contributed by atoms with Crippen LogP contribution in [-0.4, -0.2) is 106 Å². The number of anilines is 3. The van der Waals surface area contributed by atoms with Crippen LogP contribution in [0, 0.1) is 17.5 Å². The molecular formula is C33H38F4N6O2. The van der Waals surface area contributed by atoms with Crippen molar-refractivity contribution in [2.75, 3.05) is 101 Å². The number of aromatic nitrogens is 1. The Morgan fingerprint density at radius 3 is 2.09 bits per heavy atom. The van der Waals surface area contributed by atoms with E-state index in [-0.39, 0.29) is 46.6 Å². The number of nitrogens with zero attached hydrogens (tertiary/aromatic N) is 6. The zero-order valence-corrected chi connectivity index (χ0v) is 25.9. The predicted molar refractivity (Wildman–Crippen MR) is 170 cm³/mol. The highest BCUT2D eigenvalue weighted by Crippen LogP contribution is 2.39. The van der Waals surface area contributed by atoms with Gasteiger partial charge in [0.1, 0.15) is 24.0 Å². The fourth-order valence-electron chi connectivity index (χ4n) is 6.60. The van der Waals surface area contributed by atoms with Gasteiger partial charge >= 0.3 is 0 Å². The van der Waals surface area contributed by atoms with Crippen LogP contribution in [0.15, 0.2) is 34.8 Å². The summed E-state index contributed by atoms with van der Waals surface area (Å²) in [6.45, 7) is 6.14. The molecule has 45 heavy (non-hydrogen) atoms. The molecule has 2 fully saturated rings. The zero-order chi connectivity index (χ0) is 32.0. The van der Waals surface area contributed by atoms with Crippen molar-refractivity contribution in [2.24, 2.45) is 0 Å².